The van der Waals surface area contributed by atoms with Crippen molar-refractivity contribution in [1.82, 2.24) is 4.57 Å². The molecule has 5 nitrogen and oxygen atoms in total. The van der Waals surface area contributed by atoms with Crippen LogP contribution in [-0.2, 0) is 19.4 Å². The van der Waals surface area contributed by atoms with E-state index in [1.807, 2.05) is 12.1 Å². The highest BCUT2D eigenvalue weighted by Crippen LogP contribution is 2.28. The van der Waals surface area contributed by atoms with Crippen LogP contribution in [0.3, 0.4) is 0 Å². The molecular weight excluding hydrogens is 266 g/mol. The summed E-state index contributed by atoms with van der Waals surface area (Å²) in [7, 11) is 0. The smallest absolute Gasteiger partial charge is 0.269 e. The first-order valence-corrected chi connectivity index (χ1v) is 7.32. The summed E-state index contributed by atoms with van der Waals surface area (Å²) < 4.78 is 2.27. The Kier molecular flexibility index (Phi) is 3.75. The molecule has 2 N–H and O–H groups in total. The average molecular weight is 285 g/mol. The Morgan fingerprint density at radius 1 is 1.29 bits per heavy atom. The Bertz CT molecular complexity index is 646. The molecule has 1 aromatic heterocycles. The molecule has 21 heavy (non-hydrogen) atoms. The molecule has 1 aliphatic rings. The number of hydrogen-bond donors (Lipinski definition) is 1. The van der Waals surface area contributed by atoms with Gasteiger partial charge in [0, 0.05) is 36.6 Å². The van der Waals surface area contributed by atoms with E-state index in [0.717, 1.165) is 37.8 Å². The second kappa shape index (κ2) is 5.69. The molecule has 0 bridgehead atoms. The maximum atomic E-state index is 10.6. The Morgan fingerprint density at radius 3 is 2.76 bits per heavy atom. The van der Waals surface area contributed by atoms with E-state index in [-0.39, 0.29) is 16.7 Å². The molecule has 1 aromatic carbocycles. The average Bonchev–Trinajstić information content (AvgIpc) is 2.90. The number of benzene rings is 1. The molecule has 5 heteroatoms. The third kappa shape index (κ3) is 2.83. The summed E-state index contributed by atoms with van der Waals surface area (Å²) in [6.45, 7) is 0.889. The summed E-state index contributed by atoms with van der Waals surface area (Å²) in [5, 5.41) is 10.6. The molecule has 1 unspecified atom stereocenters. The number of fused-ring (bicyclic) bond motifs is 1. The molecule has 0 amide bonds. The van der Waals surface area contributed by atoms with E-state index in [1.165, 1.54) is 11.3 Å². The van der Waals surface area contributed by atoms with Gasteiger partial charge in [-0.25, -0.2) is 0 Å². The second-order valence-electron chi connectivity index (χ2n) is 5.58. The van der Waals surface area contributed by atoms with Gasteiger partial charge in [-0.2, -0.15) is 0 Å². The fourth-order valence-electron chi connectivity index (χ4n) is 3.04. The van der Waals surface area contributed by atoms with Crippen molar-refractivity contribution < 1.29 is 4.92 Å². The number of nitro benzene ring substituents is 1. The molecule has 0 aliphatic heterocycles. The molecule has 0 saturated carbocycles. The lowest BCUT2D eigenvalue weighted by molar-refractivity contribution is -0.384. The van der Waals surface area contributed by atoms with E-state index >= 15 is 0 Å². The molecular formula is C16H19N3O2. The topological polar surface area (TPSA) is 74.1 Å². The fraction of sp³-hybridized carbons (Fsp3) is 0.375. The van der Waals surface area contributed by atoms with Crippen molar-refractivity contribution >= 4 is 5.69 Å². The van der Waals surface area contributed by atoms with Gasteiger partial charge in [0.1, 0.15) is 0 Å². The van der Waals surface area contributed by atoms with Gasteiger partial charge in [-0.1, -0.05) is 12.1 Å². The van der Waals surface area contributed by atoms with Gasteiger partial charge >= 0.3 is 0 Å². The number of rotatable bonds is 4. The van der Waals surface area contributed by atoms with E-state index in [2.05, 4.69) is 16.8 Å². The van der Waals surface area contributed by atoms with Crippen LogP contribution < -0.4 is 5.73 Å². The second-order valence-corrected chi connectivity index (χ2v) is 5.58. The van der Waals surface area contributed by atoms with Crippen LogP contribution in [0.15, 0.2) is 36.5 Å². The van der Waals surface area contributed by atoms with Gasteiger partial charge in [0.25, 0.3) is 5.69 Å². The quantitative estimate of drug-likeness (QED) is 0.693. The van der Waals surface area contributed by atoms with E-state index in [9.17, 15) is 10.1 Å². The van der Waals surface area contributed by atoms with Crippen molar-refractivity contribution in [3.05, 3.63) is 63.5 Å². The van der Waals surface area contributed by atoms with Gasteiger partial charge in [-0.3, -0.25) is 10.1 Å². The van der Waals surface area contributed by atoms with Gasteiger partial charge in [-0.15, -0.1) is 0 Å². The maximum Gasteiger partial charge on any atom is 0.269 e. The van der Waals surface area contributed by atoms with Crippen LogP contribution >= 0.6 is 0 Å². The fourth-order valence-corrected chi connectivity index (χ4v) is 3.04. The predicted molar refractivity (Wildman–Crippen MR) is 81.1 cm³/mol. The summed E-state index contributed by atoms with van der Waals surface area (Å²) in [4.78, 5) is 10.3. The van der Waals surface area contributed by atoms with Crippen LogP contribution in [0.5, 0.6) is 0 Å². The number of non-ortho nitro benzene ring substituents is 1. The minimum Gasteiger partial charge on any atom is -0.351 e. The highest BCUT2D eigenvalue weighted by Gasteiger charge is 2.19. The molecule has 0 fully saturated rings. The van der Waals surface area contributed by atoms with Gasteiger partial charge < -0.3 is 10.3 Å². The highest BCUT2D eigenvalue weighted by molar-refractivity contribution is 5.33. The van der Waals surface area contributed by atoms with E-state index in [1.54, 1.807) is 12.1 Å². The lowest BCUT2D eigenvalue weighted by atomic mass is 9.93. The molecule has 0 spiro atoms. The number of hydrogen-bond acceptors (Lipinski definition) is 3. The summed E-state index contributed by atoms with van der Waals surface area (Å²) in [5.41, 5.74) is 10.0. The number of nitrogens with zero attached hydrogens (tertiary/aromatic N) is 2. The third-order valence-corrected chi connectivity index (χ3v) is 4.23. The standard InChI is InChI=1S/C16H19N3O2/c17-15-2-1-3-16-14(15)9-11-18(16)10-8-12-4-6-13(7-5-12)19(20)21/h4-7,9,11,15H,1-3,8,10,17H2. The number of aryl methyl sites for hydroxylation is 2. The first-order chi connectivity index (χ1) is 10.1. The van der Waals surface area contributed by atoms with E-state index in [0.29, 0.717) is 0 Å². The molecule has 0 saturated heterocycles. The van der Waals surface area contributed by atoms with Gasteiger partial charge in [0.15, 0.2) is 0 Å². The molecule has 3 rings (SSSR count). The minimum atomic E-state index is -0.368. The Labute approximate surface area is 123 Å². The predicted octanol–water partition coefficient (Wildman–Crippen LogP) is 2.98. The summed E-state index contributed by atoms with van der Waals surface area (Å²) >= 11 is 0. The van der Waals surface area contributed by atoms with Crippen molar-refractivity contribution in [3.8, 4) is 0 Å². The number of nitro groups is 1. The molecule has 1 heterocycles. The summed E-state index contributed by atoms with van der Waals surface area (Å²) in [5.74, 6) is 0. The third-order valence-electron chi connectivity index (χ3n) is 4.23. The summed E-state index contributed by atoms with van der Waals surface area (Å²) in [6, 6.07) is 9.11. The monoisotopic (exact) mass is 285 g/mol. The zero-order valence-corrected chi connectivity index (χ0v) is 11.9. The Morgan fingerprint density at radius 2 is 2.05 bits per heavy atom. The largest absolute Gasteiger partial charge is 0.351 e. The van der Waals surface area contributed by atoms with Gasteiger partial charge in [0.2, 0.25) is 0 Å². The first-order valence-electron chi connectivity index (χ1n) is 7.32. The van der Waals surface area contributed by atoms with Crippen molar-refractivity contribution in [2.45, 2.75) is 38.3 Å². The van der Waals surface area contributed by atoms with Crippen molar-refractivity contribution in [1.29, 1.82) is 0 Å². The molecule has 2 aromatic rings. The Hall–Kier alpha value is -2.14. The zero-order chi connectivity index (χ0) is 14.8. The maximum absolute atomic E-state index is 10.6. The molecule has 1 atom stereocenters. The van der Waals surface area contributed by atoms with Crippen LogP contribution in [0.1, 0.15) is 35.7 Å². The van der Waals surface area contributed by atoms with Gasteiger partial charge in [0.05, 0.1) is 4.92 Å². The van der Waals surface area contributed by atoms with Crippen LogP contribution in [0.2, 0.25) is 0 Å². The first kappa shape index (κ1) is 13.8. The lowest BCUT2D eigenvalue weighted by Crippen LogP contribution is -2.18. The van der Waals surface area contributed by atoms with Crippen molar-refractivity contribution in [2.75, 3.05) is 0 Å². The van der Waals surface area contributed by atoms with Crippen molar-refractivity contribution in [2.24, 2.45) is 5.73 Å². The molecule has 110 valence electrons. The number of aromatic nitrogens is 1. The SMILES string of the molecule is NC1CCCc2c1ccn2CCc1ccc([N+](=O)[O-])cc1. The van der Waals surface area contributed by atoms with E-state index in [4.69, 9.17) is 5.73 Å². The molecule has 1 aliphatic carbocycles. The van der Waals surface area contributed by atoms with Crippen LogP contribution in [0.4, 0.5) is 5.69 Å². The van der Waals surface area contributed by atoms with Crippen LogP contribution in [0, 0.1) is 10.1 Å². The number of nitrogens with two attached hydrogens (primary N) is 1. The Balaban J connectivity index is 1.69. The van der Waals surface area contributed by atoms with E-state index < -0.39 is 0 Å². The lowest BCUT2D eigenvalue weighted by Gasteiger charge is -2.21. The summed E-state index contributed by atoms with van der Waals surface area (Å²) in [6.07, 6.45) is 6.29. The highest BCUT2D eigenvalue weighted by atomic mass is 16.6. The van der Waals surface area contributed by atoms with Crippen molar-refractivity contribution in [3.63, 3.8) is 0 Å². The van der Waals surface area contributed by atoms with Crippen LogP contribution in [-0.4, -0.2) is 9.49 Å². The minimum absolute atomic E-state index is 0.142. The molecule has 0 radical (unpaired) electrons. The zero-order valence-electron chi connectivity index (χ0n) is 11.9. The van der Waals surface area contributed by atoms with Gasteiger partial charge in [-0.05, 0) is 42.9 Å². The normalized spacial score (nSPS) is 17.5. The van der Waals surface area contributed by atoms with Crippen LogP contribution in [0.25, 0.3) is 0 Å².